The molecule has 0 saturated heterocycles. The van der Waals surface area contributed by atoms with E-state index in [1.54, 1.807) is 13.2 Å². The quantitative estimate of drug-likeness (QED) is 0.126. The molecule has 0 bridgehead atoms. The number of ketones is 1. The summed E-state index contributed by atoms with van der Waals surface area (Å²) >= 11 is 0. The summed E-state index contributed by atoms with van der Waals surface area (Å²) in [6, 6.07) is 3.80. The molecule has 1 aromatic carbocycles. The number of carbonyl (C=O) groups is 2. The van der Waals surface area contributed by atoms with Gasteiger partial charge in [-0.1, -0.05) is 51.7 Å². The van der Waals surface area contributed by atoms with Crippen molar-refractivity contribution in [2.45, 2.75) is 101 Å². The number of rotatable bonds is 11. The van der Waals surface area contributed by atoms with Crippen molar-refractivity contribution in [3.8, 4) is 5.75 Å². The monoisotopic (exact) mass is 524 g/mol. The fourth-order valence-corrected chi connectivity index (χ4v) is 5.07. The maximum Gasteiger partial charge on any atom is 0.339 e. The molecule has 0 aliphatic heterocycles. The Morgan fingerprint density at radius 3 is 2.13 bits per heavy atom. The zero-order chi connectivity index (χ0) is 28.8. The Bertz CT molecular complexity index is 1100. The molecule has 38 heavy (non-hydrogen) atoms. The second-order valence-corrected chi connectivity index (χ2v) is 12.0. The Balaban J connectivity index is 2.31. The minimum absolute atomic E-state index is 0.0748. The Hall–Kier alpha value is -2.82. The third-order valence-corrected chi connectivity index (χ3v) is 7.40. The van der Waals surface area contributed by atoms with Gasteiger partial charge in [0.15, 0.2) is 5.78 Å². The molecule has 1 aliphatic rings. The van der Waals surface area contributed by atoms with E-state index in [1.165, 1.54) is 19.3 Å². The van der Waals surface area contributed by atoms with Crippen molar-refractivity contribution in [3.63, 3.8) is 0 Å². The van der Waals surface area contributed by atoms with Crippen molar-refractivity contribution in [3.05, 3.63) is 63.5 Å². The number of aryl methyl sites for hydroxylation is 2. The zero-order valence-electron chi connectivity index (χ0n) is 25.5. The fourth-order valence-electron chi connectivity index (χ4n) is 5.07. The van der Waals surface area contributed by atoms with Gasteiger partial charge in [-0.25, -0.2) is 4.79 Å². The van der Waals surface area contributed by atoms with E-state index in [4.69, 9.17) is 14.2 Å². The van der Waals surface area contributed by atoms with Gasteiger partial charge in [0.25, 0.3) is 0 Å². The van der Waals surface area contributed by atoms with Crippen LogP contribution in [0.15, 0.2) is 46.8 Å². The summed E-state index contributed by atoms with van der Waals surface area (Å²) in [5.41, 5.74) is 3.70. The lowest BCUT2D eigenvalue weighted by Gasteiger charge is -2.40. The fraction of sp³-hybridized carbons (Fsp3) is 0.576. The lowest BCUT2D eigenvalue weighted by Crippen LogP contribution is -2.35. The van der Waals surface area contributed by atoms with E-state index in [0.717, 1.165) is 34.4 Å². The molecule has 0 aromatic heterocycles. The summed E-state index contributed by atoms with van der Waals surface area (Å²) in [7, 11) is 1.61. The van der Waals surface area contributed by atoms with Gasteiger partial charge < -0.3 is 14.2 Å². The number of esters is 1. The van der Waals surface area contributed by atoms with Crippen LogP contribution in [0.25, 0.3) is 0 Å². The second kappa shape index (κ2) is 12.8. The number of benzene rings is 1. The number of hydrogen-bond acceptors (Lipinski definition) is 5. The first-order valence-corrected chi connectivity index (χ1v) is 13.8. The van der Waals surface area contributed by atoms with Crippen LogP contribution in [0.5, 0.6) is 5.75 Å². The average molecular weight is 525 g/mol. The molecule has 5 nitrogen and oxygen atoms in total. The Kier molecular flexibility index (Phi) is 10.6. The molecule has 1 aromatic rings. The first-order valence-electron chi connectivity index (χ1n) is 13.8. The van der Waals surface area contributed by atoms with Gasteiger partial charge in [-0.2, -0.15) is 0 Å². The smallest absolute Gasteiger partial charge is 0.339 e. The van der Waals surface area contributed by atoms with Gasteiger partial charge in [0.05, 0.1) is 19.3 Å². The minimum atomic E-state index is -0.600. The number of unbranched alkanes of at least 4 members (excludes halogenated alkanes) is 3. The molecule has 0 radical (unpaired) electrons. The molecule has 5 heteroatoms. The maximum atomic E-state index is 13.3. The van der Waals surface area contributed by atoms with Crippen LogP contribution in [-0.2, 0) is 14.3 Å². The number of ether oxygens (including phenoxy) is 3. The molecule has 2 rings (SSSR count). The molecule has 1 unspecified atom stereocenters. The predicted octanol–water partition coefficient (Wildman–Crippen LogP) is 8.24. The van der Waals surface area contributed by atoms with Crippen LogP contribution >= 0.6 is 0 Å². The molecule has 0 amide bonds. The van der Waals surface area contributed by atoms with Crippen LogP contribution in [-0.4, -0.2) is 31.1 Å². The lowest BCUT2D eigenvalue weighted by molar-refractivity contribution is -0.149. The first-order chi connectivity index (χ1) is 17.7. The maximum absolute atomic E-state index is 13.3. The predicted molar refractivity (Wildman–Crippen MR) is 155 cm³/mol. The summed E-state index contributed by atoms with van der Waals surface area (Å²) in [5.74, 6) is 0.896. The van der Waals surface area contributed by atoms with Gasteiger partial charge >= 0.3 is 5.97 Å². The minimum Gasteiger partial charge on any atom is -0.500 e. The number of allylic oxidation sites excluding steroid dienone is 3. The van der Waals surface area contributed by atoms with Crippen molar-refractivity contribution in [1.82, 2.24) is 0 Å². The number of hydrogen-bond donors (Lipinski definition) is 0. The van der Waals surface area contributed by atoms with Crippen LogP contribution in [0.4, 0.5) is 0 Å². The van der Waals surface area contributed by atoms with Crippen LogP contribution < -0.4 is 4.74 Å². The summed E-state index contributed by atoms with van der Waals surface area (Å²) in [6.07, 6.45) is 8.15. The zero-order valence-corrected chi connectivity index (χ0v) is 25.5. The van der Waals surface area contributed by atoms with Crippen LogP contribution in [0.1, 0.15) is 103 Å². The highest BCUT2D eigenvalue weighted by Gasteiger charge is 2.42. The molecular weight excluding hydrogens is 476 g/mol. The van der Waals surface area contributed by atoms with E-state index in [9.17, 15) is 9.59 Å². The van der Waals surface area contributed by atoms with Crippen LogP contribution in [0.2, 0.25) is 0 Å². The van der Waals surface area contributed by atoms with Crippen molar-refractivity contribution in [1.29, 1.82) is 0 Å². The summed E-state index contributed by atoms with van der Waals surface area (Å²) in [6.45, 7) is 20.4. The third-order valence-electron chi connectivity index (χ3n) is 7.40. The molecular formula is C33H48O5. The normalized spacial score (nSPS) is 17.7. The topological polar surface area (TPSA) is 61.8 Å². The molecule has 0 N–H and O–H groups in total. The molecule has 0 saturated carbocycles. The van der Waals surface area contributed by atoms with Gasteiger partial charge in [0.2, 0.25) is 0 Å². The molecule has 0 fully saturated rings. The molecule has 0 spiro atoms. The molecule has 1 aliphatic carbocycles. The van der Waals surface area contributed by atoms with E-state index in [2.05, 4.69) is 20.8 Å². The third kappa shape index (κ3) is 7.39. The van der Waals surface area contributed by atoms with Gasteiger partial charge in [0.1, 0.15) is 17.1 Å². The summed E-state index contributed by atoms with van der Waals surface area (Å²) in [4.78, 5) is 26.4. The SMILES string of the molecule is CCCCCCOc1c(C)cc(C(=O)C=CC2C(OC)=C(C)C(C(=O)OC(C)(C)C)=C(C)C2(C)C)cc1C. The van der Waals surface area contributed by atoms with E-state index < -0.39 is 11.0 Å². The molecule has 210 valence electrons. The Labute approximate surface area is 230 Å². The van der Waals surface area contributed by atoms with Gasteiger partial charge in [0, 0.05) is 17.1 Å². The van der Waals surface area contributed by atoms with Crippen molar-refractivity contribution >= 4 is 11.8 Å². The molecule has 1 atom stereocenters. The lowest BCUT2D eigenvalue weighted by atomic mass is 9.66. The highest BCUT2D eigenvalue weighted by molar-refractivity contribution is 6.05. The van der Waals surface area contributed by atoms with E-state index >= 15 is 0 Å². The highest BCUT2D eigenvalue weighted by atomic mass is 16.6. The van der Waals surface area contributed by atoms with E-state index in [0.29, 0.717) is 23.5 Å². The largest absolute Gasteiger partial charge is 0.500 e. The second-order valence-electron chi connectivity index (χ2n) is 12.0. The number of methoxy groups -OCH3 is 1. The number of carbonyl (C=O) groups excluding carboxylic acids is 2. The van der Waals surface area contributed by atoms with Gasteiger partial charge in [-0.15, -0.1) is 0 Å². The van der Waals surface area contributed by atoms with E-state index in [1.807, 2.05) is 66.7 Å². The highest BCUT2D eigenvalue weighted by Crippen LogP contribution is 2.48. The van der Waals surface area contributed by atoms with Gasteiger partial charge in [-0.05, 0) is 89.6 Å². The first kappa shape index (κ1) is 31.4. The van der Waals surface area contributed by atoms with Crippen molar-refractivity contribution < 1.29 is 23.8 Å². The summed E-state index contributed by atoms with van der Waals surface area (Å²) in [5, 5.41) is 0. The van der Waals surface area contributed by atoms with Crippen LogP contribution in [0.3, 0.4) is 0 Å². The average Bonchev–Trinajstić information content (AvgIpc) is 2.80. The standard InChI is InChI=1S/C33H48O5/c1-12-13-14-15-18-37-29-21(2)19-25(20-22(29)3)27(34)17-16-26-30(36-11)23(4)28(24(5)33(26,9)10)31(35)38-32(6,7)8/h16-17,19-20,26H,12-15,18H2,1-11H3. The Morgan fingerprint density at radius 2 is 1.61 bits per heavy atom. The van der Waals surface area contributed by atoms with Gasteiger partial charge in [-0.3, -0.25) is 4.79 Å². The van der Waals surface area contributed by atoms with Crippen molar-refractivity contribution in [2.24, 2.45) is 11.3 Å². The van der Waals surface area contributed by atoms with Crippen molar-refractivity contribution in [2.75, 3.05) is 13.7 Å². The Morgan fingerprint density at radius 1 is 1.00 bits per heavy atom. The van der Waals surface area contributed by atoms with E-state index in [-0.39, 0.29) is 17.7 Å². The molecule has 0 heterocycles. The van der Waals surface area contributed by atoms with Crippen LogP contribution in [0, 0.1) is 25.2 Å². The summed E-state index contributed by atoms with van der Waals surface area (Å²) < 4.78 is 17.6.